The molecule has 0 aliphatic carbocycles. The third kappa shape index (κ3) is 5.30. The Morgan fingerprint density at radius 3 is 2.68 bits per heavy atom. The van der Waals surface area contributed by atoms with Crippen LogP contribution in [0, 0.1) is 6.92 Å². The molecule has 0 saturated carbocycles. The van der Waals surface area contributed by atoms with Crippen molar-refractivity contribution in [3.8, 4) is 11.3 Å². The molecule has 0 atom stereocenters. The van der Waals surface area contributed by atoms with Crippen LogP contribution in [0.15, 0.2) is 24.3 Å². The number of rotatable bonds is 8. The van der Waals surface area contributed by atoms with Gasteiger partial charge in [-0.3, -0.25) is 9.69 Å². The summed E-state index contributed by atoms with van der Waals surface area (Å²) in [6.45, 7) is 8.07. The van der Waals surface area contributed by atoms with E-state index in [0.29, 0.717) is 38.9 Å². The number of aliphatic hydroxyl groups excluding tert-OH is 1. The Hall–Kier alpha value is -2.79. The molecule has 0 radical (unpaired) electrons. The zero-order valence-electron chi connectivity index (χ0n) is 19.2. The van der Waals surface area contributed by atoms with Crippen LogP contribution in [0.25, 0.3) is 11.3 Å². The van der Waals surface area contributed by atoms with Crippen molar-refractivity contribution in [2.24, 2.45) is 5.73 Å². The number of amides is 1. The summed E-state index contributed by atoms with van der Waals surface area (Å²) in [5, 5.41) is 13.4. The van der Waals surface area contributed by atoms with Crippen LogP contribution in [-0.2, 0) is 6.42 Å². The third-order valence-corrected chi connectivity index (χ3v) is 7.04. The molecule has 0 spiro atoms. The summed E-state index contributed by atoms with van der Waals surface area (Å²) in [6.07, 6.45) is 0.744. The van der Waals surface area contributed by atoms with E-state index in [9.17, 15) is 4.79 Å². The van der Waals surface area contributed by atoms with Gasteiger partial charge in [0.25, 0.3) is 5.91 Å². The highest BCUT2D eigenvalue weighted by atomic mass is 35.5. The maximum Gasteiger partial charge on any atom is 0.261 e. The summed E-state index contributed by atoms with van der Waals surface area (Å²) in [7, 11) is 0. The second-order valence-electron chi connectivity index (χ2n) is 8.02. The lowest BCUT2D eigenvalue weighted by Crippen LogP contribution is -2.47. The molecular formula is C23H28ClN7O2S. The normalized spacial score (nSPS) is 14.4. The second kappa shape index (κ2) is 10.6. The van der Waals surface area contributed by atoms with E-state index in [4.69, 9.17) is 22.4 Å². The summed E-state index contributed by atoms with van der Waals surface area (Å²) >= 11 is 7.67. The zero-order chi connectivity index (χ0) is 24.2. The molecule has 1 aliphatic rings. The smallest absolute Gasteiger partial charge is 0.261 e. The van der Waals surface area contributed by atoms with E-state index in [2.05, 4.69) is 30.1 Å². The van der Waals surface area contributed by atoms with Gasteiger partial charge in [-0.25, -0.2) is 15.0 Å². The van der Waals surface area contributed by atoms with E-state index in [1.54, 1.807) is 6.07 Å². The molecule has 0 bridgehead atoms. The van der Waals surface area contributed by atoms with Crippen LogP contribution in [0.4, 0.5) is 16.8 Å². The van der Waals surface area contributed by atoms with Gasteiger partial charge in [-0.1, -0.05) is 42.0 Å². The lowest BCUT2D eigenvalue weighted by Gasteiger charge is -2.35. The highest BCUT2D eigenvalue weighted by Crippen LogP contribution is 2.38. The third-order valence-electron chi connectivity index (χ3n) is 5.74. The fraction of sp³-hybridized carbons (Fsp3) is 0.391. The second-order valence-corrected chi connectivity index (χ2v) is 9.43. The van der Waals surface area contributed by atoms with Crippen LogP contribution >= 0.6 is 22.9 Å². The van der Waals surface area contributed by atoms with Crippen molar-refractivity contribution in [1.29, 1.82) is 0 Å². The number of anilines is 3. The number of nitrogens with two attached hydrogens (primary N) is 1. The first-order valence-corrected chi connectivity index (χ1v) is 12.4. The minimum Gasteiger partial charge on any atom is -0.395 e. The molecule has 3 aromatic rings. The molecule has 11 heteroatoms. The fourth-order valence-electron chi connectivity index (χ4n) is 4.07. The Balaban J connectivity index is 1.62. The van der Waals surface area contributed by atoms with Gasteiger partial charge in [-0.15, -0.1) is 0 Å². The van der Waals surface area contributed by atoms with Gasteiger partial charge in [0.15, 0.2) is 5.13 Å². The monoisotopic (exact) mass is 501 g/mol. The Morgan fingerprint density at radius 2 is 2.00 bits per heavy atom. The standard InChI is InChI=1S/C23H28ClN7O2S/c1-3-15-5-4-6-16(24)19(15)20-21(22(25)33)34-23(29-20)28-17-13-18(27-14(2)26-17)31-9-7-30(8-10-31)11-12-32/h4-6,13,32H,3,7-12H2,1-2H3,(H2,25,33)(H,26,27,28,29). The van der Waals surface area contributed by atoms with Crippen molar-refractivity contribution in [1.82, 2.24) is 19.9 Å². The van der Waals surface area contributed by atoms with E-state index in [1.807, 2.05) is 32.0 Å². The predicted octanol–water partition coefficient (Wildman–Crippen LogP) is 3.08. The Labute approximate surface area is 207 Å². The van der Waals surface area contributed by atoms with Gasteiger partial charge in [0.1, 0.15) is 22.3 Å². The lowest BCUT2D eigenvalue weighted by molar-refractivity contribution is 0.100. The first kappa shape index (κ1) is 24.3. The topological polar surface area (TPSA) is 120 Å². The van der Waals surface area contributed by atoms with Crippen LogP contribution < -0.4 is 16.0 Å². The number of halogens is 1. The number of β-amino-alcohol motifs (C(OH)–C–C–N with tert-alkyl or cyclic N) is 1. The molecule has 180 valence electrons. The quantitative estimate of drug-likeness (QED) is 0.430. The van der Waals surface area contributed by atoms with Crippen LogP contribution in [0.5, 0.6) is 0 Å². The Bertz CT molecular complexity index is 1180. The predicted molar refractivity (Wildman–Crippen MR) is 136 cm³/mol. The number of nitrogens with zero attached hydrogens (tertiary/aromatic N) is 5. The molecule has 34 heavy (non-hydrogen) atoms. The minimum atomic E-state index is -0.553. The molecule has 1 aliphatic heterocycles. The van der Waals surface area contributed by atoms with Crippen molar-refractivity contribution in [3.05, 3.63) is 45.6 Å². The number of aryl methyl sites for hydroxylation is 2. The fourth-order valence-corrected chi connectivity index (χ4v) is 5.18. The SMILES string of the molecule is CCc1cccc(Cl)c1-c1nc(Nc2cc(N3CCN(CCO)CC3)nc(C)n2)sc1C(N)=O. The first-order valence-electron chi connectivity index (χ1n) is 11.2. The number of carbonyl (C=O) groups is 1. The number of hydrogen-bond donors (Lipinski definition) is 3. The van der Waals surface area contributed by atoms with Gasteiger partial charge in [0, 0.05) is 44.4 Å². The van der Waals surface area contributed by atoms with Crippen molar-refractivity contribution < 1.29 is 9.90 Å². The molecule has 9 nitrogen and oxygen atoms in total. The Morgan fingerprint density at radius 1 is 1.24 bits per heavy atom. The molecule has 4 rings (SSSR count). The molecular weight excluding hydrogens is 474 g/mol. The molecule has 1 aromatic carbocycles. The zero-order valence-corrected chi connectivity index (χ0v) is 20.8. The van der Waals surface area contributed by atoms with Crippen molar-refractivity contribution in [2.45, 2.75) is 20.3 Å². The lowest BCUT2D eigenvalue weighted by atomic mass is 10.0. The molecule has 0 unspecified atom stereocenters. The summed E-state index contributed by atoms with van der Waals surface area (Å²) in [5.41, 5.74) is 7.89. The van der Waals surface area contributed by atoms with Crippen LogP contribution in [-0.4, -0.2) is 70.2 Å². The average Bonchev–Trinajstić information content (AvgIpc) is 3.22. The van der Waals surface area contributed by atoms with Crippen molar-refractivity contribution in [2.75, 3.05) is 49.5 Å². The van der Waals surface area contributed by atoms with Gasteiger partial charge < -0.3 is 21.1 Å². The molecule has 2 aromatic heterocycles. The summed E-state index contributed by atoms with van der Waals surface area (Å²) in [4.78, 5) is 30.8. The number of primary amides is 1. The summed E-state index contributed by atoms with van der Waals surface area (Å²) in [6, 6.07) is 7.52. The minimum absolute atomic E-state index is 0.164. The van der Waals surface area contributed by atoms with Gasteiger partial charge in [-0.2, -0.15) is 0 Å². The number of carbonyl (C=O) groups excluding carboxylic acids is 1. The summed E-state index contributed by atoms with van der Waals surface area (Å²) in [5.74, 6) is 1.49. The molecule has 4 N–H and O–H groups in total. The van der Waals surface area contributed by atoms with Crippen LogP contribution in [0.3, 0.4) is 0 Å². The maximum absolute atomic E-state index is 12.2. The van der Waals surface area contributed by atoms with Gasteiger partial charge in [-0.05, 0) is 25.0 Å². The van der Waals surface area contributed by atoms with E-state index < -0.39 is 5.91 Å². The summed E-state index contributed by atoms with van der Waals surface area (Å²) < 4.78 is 0. The van der Waals surface area contributed by atoms with E-state index in [-0.39, 0.29) is 6.61 Å². The first-order chi connectivity index (χ1) is 16.4. The van der Waals surface area contributed by atoms with Crippen molar-refractivity contribution >= 4 is 45.6 Å². The maximum atomic E-state index is 12.2. The Kier molecular flexibility index (Phi) is 7.62. The van der Waals surface area contributed by atoms with E-state index in [0.717, 1.165) is 49.5 Å². The number of hydrogen-bond acceptors (Lipinski definition) is 9. The highest BCUT2D eigenvalue weighted by molar-refractivity contribution is 7.18. The molecule has 1 fully saturated rings. The van der Waals surface area contributed by atoms with Crippen molar-refractivity contribution in [3.63, 3.8) is 0 Å². The number of aromatic nitrogens is 3. The van der Waals surface area contributed by atoms with E-state index >= 15 is 0 Å². The molecule has 1 amide bonds. The number of piperazine rings is 1. The van der Waals surface area contributed by atoms with Gasteiger partial charge >= 0.3 is 0 Å². The average molecular weight is 502 g/mol. The van der Waals surface area contributed by atoms with Crippen LogP contribution in [0.1, 0.15) is 28.0 Å². The number of aliphatic hydroxyl groups is 1. The van der Waals surface area contributed by atoms with Crippen LogP contribution in [0.2, 0.25) is 5.02 Å². The molecule has 1 saturated heterocycles. The largest absolute Gasteiger partial charge is 0.395 e. The highest BCUT2D eigenvalue weighted by Gasteiger charge is 2.23. The molecule has 3 heterocycles. The number of nitrogens with one attached hydrogen (secondary N) is 1. The number of benzene rings is 1. The number of thiazole rings is 1. The van der Waals surface area contributed by atoms with Gasteiger partial charge in [0.05, 0.1) is 17.3 Å². The van der Waals surface area contributed by atoms with E-state index in [1.165, 1.54) is 11.3 Å². The van der Waals surface area contributed by atoms with Gasteiger partial charge in [0.2, 0.25) is 0 Å².